The van der Waals surface area contributed by atoms with Crippen molar-refractivity contribution < 1.29 is 14.8 Å². The molecule has 3 rings (SSSR count). The number of nitro groups is 1. The molecule has 0 aliphatic heterocycles. The van der Waals surface area contributed by atoms with Crippen molar-refractivity contribution in [2.24, 2.45) is 0 Å². The van der Waals surface area contributed by atoms with E-state index in [0.29, 0.717) is 0 Å². The van der Waals surface area contributed by atoms with Crippen LogP contribution in [0.25, 0.3) is 0 Å². The van der Waals surface area contributed by atoms with Crippen LogP contribution in [0.2, 0.25) is 0 Å². The standard InChI is InChI=1S/C13H11NS.C7H5NO4.Pb.2H/c15-13(11-7-3-1-4-8-11)14-12-9-5-2-6-10-12;9-7(10)5-1-3-6(4-2-5)8(11)12;;;/h1-10H,(H,14,15);1-4H,(H,9,10);;;. The van der Waals surface area contributed by atoms with E-state index in [1.165, 1.54) is 12.1 Å². The van der Waals surface area contributed by atoms with Crippen LogP contribution in [0.15, 0.2) is 84.9 Å². The summed E-state index contributed by atoms with van der Waals surface area (Å²) < 4.78 is 0. The van der Waals surface area contributed by atoms with Crippen LogP contribution in [0.1, 0.15) is 15.9 Å². The molecule has 6 nitrogen and oxygen atoms in total. The van der Waals surface area contributed by atoms with E-state index in [1.807, 2.05) is 60.7 Å². The zero-order valence-electron chi connectivity index (χ0n) is 14.8. The molecule has 0 atom stereocenters. The van der Waals surface area contributed by atoms with Gasteiger partial charge in [-0.25, -0.2) is 4.79 Å². The molecule has 0 amide bonds. The Hall–Kier alpha value is -2.66. The molecule has 3 aromatic carbocycles. The SMILES string of the molecule is O=C(O)c1ccc([N+](=O)[O-])cc1.S=C(Nc1ccccc1)c1ccccc1.[PbH2]. The van der Waals surface area contributed by atoms with Gasteiger partial charge in [-0.2, -0.15) is 0 Å². The van der Waals surface area contributed by atoms with E-state index in [0.717, 1.165) is 28.4 Å². The summed E-state index contributed by atoms with van der Waals surface area (Å²) in [6, 6.07) is 24.6. The number of carboxylic acid groups (broad SMARTS) is 1. The topological polar surface area (TPSA) is 92.5 Å². The Labute approximate surface area is 187 Å². The summed E-state index contributed by atoms with van der Waals surface area (Å²) in [5.74, 6) is -1.09. The number of anilines is 1. The zero-order valence-corrected chi connectivity index (χ0v) is 21.1. The van der Waals surface area contributed by atoms with Gasteiger partial charge in [-0.1, -0.05) is 60.7 Å². The number of benzene rings is 3. The molecule has 0 saturated heterocycles. The first-order chi connectivity index (χ1) is 13.0. The monoisotopic (exact) mass is 590 g/mol. The maximum absolute atomic E-state index is 10.3. The molecule has 2 N–H and O–H groups in total. The number of hydrogen-bond acceptors (Lipinski definition) is 4. The minimum absolute atomic E-state index is 0. The van der Waals surface area contributed by atoms with E-state index in [4.69, 9.17) is 17.3 Å². The van der Waals surface area contributed by atoms with Crippen molar-refractivity contribution in [3.05, 3.63) is 106 Å². The third-order valence-corrected chi connectivity index (χ3v) is 3.73. The van der Waals surface area contributed by atoms with Crippen LogP contribution in [0.5, 0.6) is 0 Å². The number of carbonyl (C=O) groups is 1. The molecule has 0 bridgehead atoms. The van der Waals surface area contributed by atoms with Gasteiger partial charge >= 0.3 is 33.3 Å². The van der Waals surface area contributed by atoms with Crippen LogP contribution in [-0.2, 0) is 0 Å². The molecule has 0 unspecified atom stereocenters. The molecular formula is C20H18N2O4PbS. The van der Waals surface area contributed by atoms with Crippen LogP contribution in [0.3, 0.4) is 0 Å². The predicted molar refractivity (Wildman–Crippen MR) is 117 cm³/mol. The van der Waals surface area contributed by atoms with Gasteiger partial charge in [0.1, 0.15) is 4.99 Å². The third-order valence-electron chi connectivity index (χ3n) is 3.39. The number of nitrogens with zero attached hydrogens (tertiary/aromatic N) is 1. The molecule has 142 valence electrons. The molecule has 0 fully saturated rings. The second kappa shape index (κ2) is 11.9. The number of carboxylic acids is 1. The fraction of sp³-hybridized carbons (Fsp3) is 0. The van der Waals surface area contributed by atoms with Gasteiger partial charge in [-0.3, -0.25) is 10.1 Å². The first-order valence-electron chi connectivity index (χ1n) is 7.86. The van der Waals surface area contributed by atoms with Gasteiger partial charge in [0.05, 0.1) is 10.5 Å². The number of hydrogen-bond donors (Lipinski definition) is 2. The minimum atomic E-state index is -1.09. The Morgan fingerprint density at radius 3 is 1.82 bits per heavy atom. The van der Waals surface area contributed by atoms with Gasteiger partial charge in [-0.05, 0) is 24.3 Å². The van der Waals surface area contributed by atoms with Crippen molar-refractivity contribution in [3.8, 4) is 0 Å². The second-order valence-electron chi connectivity index (χ2n) is 5.30. The Bertz CT molecular complexity index is 887. The summed E-state index contributed by atoms with van der Waals surface area (Å²) in [7, 11) is 0. The number of nitro benzene ring substituents is 1. The van der Waals surface area contributed by atoms with E-state index in [9.17, 15) is 14.9 Å². The van der Waals surface area contributed by atoms with Crippen LogP contribution in [0, 0.1) is 10.1 Å². The first kappa shape index (κ1) is 23.4. The second-order valence-corrected chi connectivity index (χ2v) is 5.70. The van der Waals surface area contributed by atoms with Crippen molar-refractivity contribution >= 4 is 61.8 Å². The first-order valence-corrected chi connectivity index (χ1v) is 8.27. The summed E-state index contributed by atoms with van der Waals surface area (Å²) in [6.07, 6.45) is 0. The van der Waals surface area contributed by atoms with Gasteiger partial charge in [0.15, 0.2) is 0 Å². The molecule has 0 aromatic heterocycles. The number of aromatic carboxylic acids is 1. The molecule has 28 heavy (non-hydrogen) atoms. The fourth-order valence-corrected chi connectivity index (χ4v) is 2.29. The van der Waals surface area contributed by atoms with Crippen molar-refractivity contribution in [2.45, 2.75) is 0 Å². The molecule has 0 heterocycles. The normalized spacial score (nSPS) is 9.14. The van der Waals surface area contributed by atoms with E-state index >= 15 is 0 Å². The van der Waals surface area contributed by atoms with E-state index in [-0.39, 0.29) is 38.5 Å². The predicted octanol–water partition coefficient (Wildman–Crippen LogP) is 3.85. The number of nitrogens with one attached hydrogen (secondary N) is 1. The molecule has 0 saturated carbocycles. The van der Waals surface area contributed by atoms with E-state index < -0.39 is 10.9 Å². The summed E-state index contributed by atoms with van der Waals surface area (Å²) in [4.78, 5) is 20.6. The number of thiocarbonyl (C=S) groups is 1. The maximum atomic E-state index is 10.3. The van der Waals surface area contributed by atoms with Gasteiger partial charge in [-0.15, -0.1) is 0 Å². The van der Waals surface area contributed by atoms with E-state index in [2.05, 4.69) is 5.32 Å². The zero-order chi connectivity index (χ0) is 19.6. The average Bonchev–Trinajstić information content (AvgIpc) is 2.70. The Morgan fingerprint density at radius 2 is 1.36 bits per heavy atom. The van der Waals surface area contributed by atoms with Gasteiger partial charge < -0.3 is 10.4 Å². The summed E-state index contributed by atoms with van der Waals surface area (Å²) in [5.41, 5.74) is 1.99. The molecule has 3 aromatic rings. The molecule has 0 aliphatic carbocycles. The average molecular weight is 590 g/mol. The summed E-state index contributed by atoms with van der Waals surface area (Å²) in [5, 5.41) is 21.8. The Kier molecular flexibility index (Phi) is 9.96. The summed E-state index contributed by atoms with van der Waals surface area (Å²) in [6.45, 7) is 0. The van der Waals surface area contributed by atoms with Crippen LogP contribution < -0.4 is 5.32 Å². The Morgan fingerprint density at radius 1 is 0.857 bits per heavy atom. The Balaban J connectivity index is 0.000000277. The molecule has 0 aliphatic rings. The summed E-state index contributed by atoms with van der Waals surface area (Å²) >= 11 is 5.29. The van der Waals surface area contributed by atoms with Crippen molar-refractivity contribution in [3.63, 3.8) is 0 Å². The van der Waals surface area contributed by atoms with E-state index in [1.54, 1.807) is 0 Å². The van der Waals surface area contributed by atoms with Crippen LogP contribution >= 0.6 is 12.2 Å². The molecule has 0 spiro atoms. The van der Waals surface area contributed by atoms with Crippen molar-refractivity contribution in [1.29, 1.82) is 0 Å². The van der Waals surface area contributed by atoms with Gasteiger partial charge in [0.2, 0.25) is 0 Å². The molecule has 2 radical (unpaired) electrons. The molecule has 8 heteroatoms. The number of rotatable bonds is 4. The van der Waals surface area contributed by atoms with Gasteiger partial charge in [0, 0.05) is 23.4 Å². The fourth-order valence-electron chi connectivity index (χ4n) is 2.04. The number of non-ortho nitro benzene ring substituents is 1. The third kappa shape index (κ3) is 7.53. The van der Waals surface area contributed by atoms with Crippen molar-refractivity contribution in [1.82, 2.24) is 0 Å². The van der Waals surface area contributed by atoms with Crippen LogP contribution in [-0.4, -0.2) is 48.3 Å². The quantitative estimate of drug-likeness (QED) is 0.208. The molecular weight excluding hydrogens is 571 g/mol. The van der Waals surface area contributed by atoms with Gasteiger partial charge in [0.25, 0.3) is 5.69 Å². The number of para-hydroxylation sites is 1. The van der Waals surface area contributed by atoms with Crippen molar-refractivity contribution in [2.75, 3.05) is 5.32 Å². The van der Waals surface area contributed by atoms with Crippen LogP contribution in [0.4, 0.5) is 11.4 Å².